The van der Waals surface area contributed by atoms with Gasteiger partial charge in [0, 0.05) is 19.3 Å². The van der Waals surface area contributed by atoms with Crippen molar-refractivity contribution < 1.29 is 27.8 Å². The normalized spacial score (nSPS) is 18.1. The fourth-order valence-electron chi connectivity index (χ4n) is 2.74. The minimum atomic E-state index is -4.50. The zero-order valence-electron chi connectivity index (χ0n) is 14.5. The van der Waals surface area contributed by atoms with Crippen LogP contribution >= 0.6 is 0 Å². The molecule has 1 aromatic heterocycles. The third-order valence-electron chi connectivity index (χ3n) is 4.06. The van der Waals surface area contributed by atoms with Crippen molar-refractivity contribution in [1.82, 2.24) is 9.88 Å². The van der Waals surface area contributed by atoms with E-state index in [0.29, 0.717) is 31.5 Å². The molecule has 8 heteroatoms. The molecular formula is C17H23F3N2O3. The van der Waals surface area contributed by atoms with Crippen LogP contribution in [-0.4, -0.2) is 39.8 Å². The molecule has 2 heterocycles. The van der Waals surface area contributed by atoms with Crippen LogP contribution in [0.3, 0.4) is 0 Å². The lowest BCUT2D eigenvalue weighted by Gasteiger charge is -2.35. The van der Waals surface area contributed by atoms with Gasteiger partial charge in [-0.05, 0) is 51.2 Å². The van der Waals surface area contributed by atoms with Crippen LogP contribution in [0.5, 0.6) is 0 Å². The number of nitrogens with zero attached hydrogens (tertiary/aromatic N) is 2. The molecule has 1 amide bonds. The van der Waals surface area contributed by atoms with Crippen molar-refractivity contribution in [2.24, 2.45) is 5.92 Å². The Balaban J connectivity index is 1.93. The highest BCUT2D eigenvalue weighted by atomic mass is 19.4. The van der Waals surface area contributed by atoms with Gasteiger partial charge >= 0.3 is 12.3 Å². The molecule has 0 radical (unpaired) electrons. The number of carbonyl (C=O) groups is 1. The molecule has 25 heavy (non-hydrogen) atoms. The number of aliphatic hydroxyl groups is 1. The maximum atomic E-state index is 12.5. The lowest BCUT2D eigenvalue weighted by molar-refractivity contribution is -0.141. The number of carbonyl (C=O) groups excluding carboxylic acids is 1. The molecular weight excluding hydrogens is 337 g/mol. The monoisotopic (exact) mass is 360 g/mol. The molecule has 1 aliphatic heterocycles. The van der Waals surface area contributed by atoms with Crippen molar-refractivity contribution in [3.05, 3.63) is 29.6 Å². The van der Waals surface area contributed by atoms with E-state index in [2.05, 4.69) is 4.98 Å². The van der Waals surface area contributed by atoms with Gasteiger partial charge in [-0.25, -0.2) is 4.79 Å². The second-order valence-electron chi connectivity index (χ2n) is 7.22. The van der Waals surface area contributed by atoms with E-state index in [1.807, 2.05) is 0 Å². The molecule has 0 aromatic carbocycles. The maximum Gasteiger partial charge on any atom is 0.433 e. The minimum absolute atomic E-state index is 0.141. The highest BCUT2D eigenvalue weighted by Gasteiger charge is 2.34. The first-order chi connectivity index (χ1) is 11.5. The van der Waals surface area contributed by atoms with Crippen molar-refractivity contribution in [3.63, 3.8) is 0 Å². The van der Waals surface area contributed by atoms with Crippen molar-refractivity contribution in [1.29, 1.82) is 0 Å². The van der Waals surface area contributed by atoms with E-state index < -0.39 is 29.7 Å². The third-order valence-corrected chi connectivity index (χ3v) is 4.06. The van der Waals surface area contributed by atoms with E-state index in [1.165, 1.54) is 6.07 Å². The first kappa shape index (κ1) is 19.5. The number of amides is 1. The molecule has 2 rings (SSSR count). The van der Waals surface area contributed by atoms with Gasteiger partial charge in [0.15, 0.2) is 0 Å². The van der Waals surface area contributed by atoms with E-state index in [1.54, 1.807) is 25.7 Å². The van der Waals surface area contributed by atoms with Crippen molar-refractivity contribution >= 4 is 6.09 Å². The fraction of sp³-hybridized carbons (Fsp3) is 0.647. The van der Waals surface area contributed by atoms with E-state index in [0.717, 1.165) is 12.3 Å². The zero-order valence-corrected chi connectivity index (χ0v) is 14.5. The first-order valence-electron chi connectivity index (χ1n) is 8.16. The number of ether oxygens (including phenoxy) is 1. The predicted octanol–water partition coefficient (Wildman–Crippen LogP) is 3.78. The Kier molecular flexibility index (Phi) is 5.61. The van der Waals surface area contributed by atoms with Crippen molar-refractivity contribution in [2.75, 3.05) is 13.1 Å². The van der Waals surface area contributed by atoms with Crippen molar-refractivity contribution in [3.8, 4) is 0 Å². The molecule has 1 N–H and O–H groups in total. The van der Waals surface area contributed by atoms with Gasteiger partial charge in [0.2, 0.25) is 0 Å². The van der Waals surface area contributed by atoms with E-state index >= 15 is 0 Å². The number of rotatable bonds is 2. The van der Waals surface area contributed by atoms with Gasteiger partial charge in [0.25, 0.3) is 0 Å². The van der Waals surface area contributed by atoms with Crippen LogP contribution in [0.4, 0.5) is 18.0 Å². The highest BCUT2D eigenvalue weighted by Crippen LogP contribution is 2.33. The number of aliphatic hydroxyl groups excluding tert-OH is 1. The van der Waals surface area contributed by atoms with Crippen molar-refractivity contribution in [2.45, 2.75) is 51.5 Å². The average Bonchev–Trinajstić information content (AvgIpc) is 2.52. The predicted molar refractivity (Wildman–Crippen MR) is 84.7 cm³/mol. The number of piperidine rings is 1. The van der Waals surface area contributed by atoms with Gasteiger partial charge in [0.1, 0.15) is 11.3 Å². The lowest BCUT2D eigenvalue weighted by atomic mass is 9.88. The van der Waals surface area contributed by atoms with Gasteiger partial charge in [-0.1, -0.05) is 6.07 Å². The third kappa shape index (κ3) is 5.32. The number of aromatic nitrogens is 1. The molecule has 1 aliphatic rings. The van der Waals surface area contributed by atoms with Crippen LogP contribution in [-0.2, 0) is 10.9 Å². The number of likely N-dealkylation sites (tertiary alicyclic amines) is 1. The van der Waals surface area contributed by atoms with Crippen LogP contribution in [0.25, 0.3) is 0 Å². The molecule has 1 atom stereocenters. The molecule has 1 saturated heterocycles. The van der Waals surface area contributed by atoms with Gasteiger partial charge in [-0.15, -0.1) is 0 Å². The summed E-state index contributed by atoms with van der Waals surface area (Å²) >= 11 is 0. The number of hydrogen-bond donors (Lipinski definition) is 1. The van der Waals surface area contributed by atoms with Gasteiger partial charge in [-0.2, -0.15) is 13.2 Å². The van der Waals surface area contributed by atoms with Crippen LogP contribution in [0, 0.1) is 5.92 Å². The Bertz CT molecular complexity index is 589. The molecule has 1 fully saturated rings. The quantitative estimate of drug-likeness (QED) is 0.872. The van der Waals surface area contributed by atoms with E-state index in [4.69, 9.17) is 4.74 Å². The zero-order chi connectivity index (χ0) is 18.8. The van der Waals surface area contributed by atoms with Gasteiger partial charge < -0.3 is 14.7 Å². The second kappa shape index (κ2) is 7.19. The number of alkyl halides is 3. The Morgan fingerprint density at radius 1 is 1.28 bits per heavy atom. The van der Waals surface area contributed by atoms with Crippen LogP contribution in [0.1, 0.15) is 51.0 Å². The summed E-state index contributed by atoms with van der Waals surface area (Å²) < 4.78 is 42.9. The summed E-state index contributed by atoms with van der Waals surface area (Å²) in [5, 5.41) is 10.4. The van der Waals surface area contributed by atoms with E-state index in [-0.39, 0.29) is 5.92 Å². The maximum absolute atomic E-state index is 12.5. The number of hydrogen-bond acceptors (Lipinski definition) is 4. The molecule has 140 valence electrons. The molecule has 5 nitrogen and oxygen atoms in total. The summed E-state index contributed by atoms with van der Waals surface area (Å²) in [7, 11) is 0. The van der Waals surface area contributed by atoms with Crippen LogP contribution in [0.2, 0.25) is 0 Å². The standard InChI is InChI=1S/C17H23F3N2O3/c1-16(2,3)25-15(24)22-8-6-11(7-9-22)14(23)12-4-5-13(21-10-12)17(18,19)20/h4-5,10-11,14,23H,6-9H2,1-3H3/t14-/m0/s1. The molecule has 0 spiro atoms. The summed E-state index contributed by atoms with van der Waals surface area (Å²) in [6.45, 7) is 6.24. The lowest BCUT2D eigenvalue weighted by Crippen LogP contribution is -2.42. The Morgan fingerprint density at radius 3 is 2.32 bits per heavy atom. The highest BCUT2D eigenvalue weighted by molar-refractivity contribution is 5.68. The van der Waals surface area contributed by atoms with Crippen LogP contribution in [0.15, 0.2) is 18.3 Å². The molecule has 0 saturated carbocycles. The molecule has 0 bridgehead atoms. The smallest absolute Gasteiger partial charge is 0.433 e. The fourth-order valence-corrected chi connectivity index (χ4v) is 2.74. The second-order valence-corrected chi connectivity index (χ2v) is 7.22. The largest absolute Gasteiger partial charge is 0.444 e. The topological polar surface area (TPSA) is 62.7 Å². The Morgan fingerprint density at radius 2 is 1.88 bits per heavy atom. The summed E-state index contributed by atoms with van der Waals surface area (Å²) in [5.74, 6) is -0.141. The van der Waals surface area contributed by atoms with Crippen LogP contribution < -0.4 is 0 Å². The number of pyridine rings is 1. The minimum Gasteiger partial charge on any atom is -0.444 e. The summed E-state index contributed by atoms with van der Waals surface area (Å²) in [4.78, 5) is 17.0. The number of halogens is 3. The molecule has 0 aliphatic carbocycles. The molecule has 1 aromatic rings. The summed E-state index contributed by atoms with van der Waals surface area (Å²) in [5.41, 5.74) is -1.20. The summed E-state index contributed by atoms with van der Waals surface area (Å²) in [6, 6.07) is 2.12. The van der Waals surface area contributed by atoms with E-state index in [9.17, 15) is 23.1 Å². The van der Waals surface area contributed by atoms with Gasteiger partial charge in [0.05, 0.1) is 6.10 Å². The summed E-state index contributed by atoms with van der Waals surface area (Å²) in [6.07, 6.45) is -3.65. The average molecular weight is 360 g/mol. The van der Waals surface area contributed by atoms with Gasteiger partial charge in [-0.3, -0.25) is 4.98 Å². The first-order valence-corrected chi connectivity index (χ1v) is 8.16. The SMILES string of the molecule is CC(C)(C)OC(=O)N1CCC([C@H](O)c2ccc(C(F)(F)F)nc2)CC1. The molecule has 0 unspecified atom stereocenters. The Labute approximate surface area is 144 Å². The Hall–Kier alpha value is -1.83.